The fourth-order valence-electron chi connectivity index (χ4n) is 2.93. The molecule has 0 atom stereocenters. The van der Waals surface area contributed by atoms with Gasteiger partial charge in [-0.1, -0.05) is 47.5 Å². The molecule has 2 heterocycles. The van der Waals surface area contributed by atoms with Crippen molar-refractivity contribution < 1.29 is 9.59 Å². The highest BCUT2D eigenvalue weighted by Gasteiger charge is 2.24. The number of amidine groups is 2. The number of hydrogen-bond donors (Lipinski definition) is 0. The highest BCUT2D eigenvalue weighted by atomic mass is 35.5. The molecule has 0 aromatic heterocycles. The molecule has 32 heavy (non-hydrogen) atoms. The second-order valence-electron chi connectivity index (χ2n) is 7.22. The van der Waals surface area contributed by atoms with Gasteiger partial charge in [0.15, 0.2) is 0 Å². The standard InChI is InChI=1S/2C12H11ClN2O/c2*1-8-14-11(12(16)15(8)2)7-9-4-3-5-10(13)6-9/h2*3-7H,1-2H3/b2*11-7-. The summed E-state index contributed by atoms with van der Waals surface area (Å²) >= 11 is 11.7. The van der Waals surface area contributed by atoms with E-state index in [0.717, 1.165) is 11.1 Å². The summed E-state index contributed by atoms with van der Waals surface area (Å²) in [6.07, 6.45) is 3.47. The van der Waals surface area contributed by atoms with E-state index in [4.69, 9.17) is 23.2 Å². The van der Waals surface area contributed by atoms with Crippen LogP contribution < -0.4 is 0 Å². The first-order valence-corrected chi connectivity index (χ1v) is 10.5. The second kappa shape index (κ2) is 9.94. The predicted octanol–water partition coefficient (Wildman–Crippen LogP) is 5.14. The number of halogens is 2. The minimum atomic E-state index is -0.0857. The Morgan fingerprint density at radius 2 is 1.09 bits per heavy atom. The highest BCUT2D eigenvalue weighted by molar-refractivity contribution is 6.31. The van der Waals surface area contributed by atoms with Crippen LogP contribution in [0.3, 0.4) is 0 Å². The van der Waals surface area contributed by atoms with Crippen molar-refractivity contribution >= 4 is 58.8 Å². The number of carbonyl (C=O) groups excluding carboxylic acids is 2. The maximum absolute atomic E-state index is 11.7. The maximum atomic E-state index is 11.7. The Kier molecular flexibility index (Phi) is 7.28. The summed E-state index contributed by atoms with van der Waals surface area (Å²) in [4.78, 5) is 34.9. The number of benzene rings is 2. The number of hydrogen-bond acceptors (Lipinski definition) is 4. The zero-order chi connectivity index (χ0) is 23.4. The summed E-state index contributed by atoms with van der Waals surface area (Å²) in [5, 5.41) is 1.29. The Morgan fingerprint density at radius 1 is 0.719 bits per heavy atom. The number of nitrogens with zero attached hydrogens (tertiary/aromatic N) is 4. The van der Waals surface area contributed by atoms with E-state index in [0.29, 0.717) is 33.1 Å². The summed E-state index contributed by atoms with van der Waals surface area (Å²) in [6.45, 7) is 3.60. The van der Waals surface area contributed by atoms with E-state index in [1.54, 1.807) is 64.4 Å². The molecule has 2 aromatic carbocycles. The predicted molar refractivity (Wildman–Crippen MR) is 131 cm³/mol. The first kappa shape index (κ1) is 23.4. The molecule has 0 radical (unpaired) electrons. The third-order valence-corrected chi connectivity index (χ3v) is 5.36. The Morgan fingerprint density at radius 3 is 1.38 bits per heavy atom. The first-order chi connectivity index (χ1) is 15.2. The largest absolute Gasteiger partial charge is 0.298 e. The van der Waals surface area contributed by atoms with Gasteiger partial charge < -0.3 is 0 Å². The van der Waals surface area contributed by atoms with Gasteiger partial charge in [-0.2, -0.15) is 0 Å². The van der Waals surface area contributed by atoms with Crippen molar-refractivity contribution in [1.29, 1.82) is 0 Å². The lowest BCUT2D eigenvalue weighted by Gasteiger charge is -2.05. The van der Waals surface area contributed by atoms with Crippen LogP contribution in [0, 0.1) is 0 Å². The van der Waals surface area contributed by atoms with E-state index in [1.807, 2.05) is 24.3 Å². The van der Waals surface area contributed by atoms with Crippen molar-refractivity contribution in [3.63, 3.8) is 0 Å². The van der Waals surface area contributed by atoms with Gasteiger partial charge in [-0.05, 0) is 61.4 Å². The zero-order valence-electron chi connectivity index (χ0n) is 18.1. The van der Waals surface area contributed by atoms with Crippen LogP contribution in [0.5, 0.6) is 0 Å². The summed E-state index contributed by atoms with van der Waals surface area (Å²) < 4.78 is 0. The zero-order valence-corrected chi connectivity index (χ0v) is 19.6. The normalized spacial score (nSPS) is 18.2. The molecule has 0 fully saturated rings. The summed E-state index contributed by atoms with van der Waals surface area (Å²) in [6, 6.07) is 14.6. The lowest BCUT2D eigenvalue weighted by molar-refractivity contribution is -0.122. The molecule has 0 saturated carbocycles. The lowest BCUT2D eigenvalue weighted by Crippen LogP contribution is -2.25. The van der Waals surface area contributed by atoms with Crippen LogP contribution in [-0.4, -0.2) is 47.4 Å². The molecule has 0 unspecified atom stereocenters. The minimum Gasteiger partial charge on any atom is -0.298 e. The van der Waals surface area contributed by atoms with Crippen LogP contribution in [-0.2, 0) is 9.59 Å². The van der Waals surface area contributed by atoms with Gasteiger partial charge in [0, 0.05) is 24.1 Å². The minimum absolute atomic E-state index is 0.0857. The van der Waals surface area contributed by atoms with Gasteiger partial charge in [0.2, 0.25) is 0 Å². The number of aliphatic imine (C=N–C) groups is 2. The molecule has 2 aliphatic heterocycles. The average molecular weight is 469 g/mol. The molecule has 2 amide bonds. The number of likely N-dealkylation sites (N-methyl/N-ethyl adjacent to an activating group) is 2. The molecule has 4 rings (SSSR count). The Balaban J connectivity index is 0.000000181. The molecule has 0 bridgehead atoms. The van der Waals surface area contributed by atoms with Crippen LogP contribution in [0.25, 0.3) is 12.2 Å². The van der Waals surface area contributed by atoms with Crippen LogP contribution in [0.4, 0.5) is 0 Å². The monoisotopic (exact) mass is 468 g/mol. The maximum Gasteiger partial charge on any atom is 0.277 e. The third-order valence-electron chi connectivity index (χ3n) is 4.89. The molecule has 6 nitrogen and oxygen atoms in total. The fraction of sp³-hybridized carbons (Fsp3) is 0.167. The topological polar surface area (TPSA) is 65.3 Å². The summed E-state index contributed by atoms with van der Waals surface area (Å²) in [5.41, 5.74) is 2.65. The van der Waals surface area contributed by atoms with Crippen LogP contribution >= 0.6 is 23.2 Å². The molecule has 2 aromatic rings. The van der Waals surface area contributed by atoms with Crippen molar-refractivity contribution in [3.05, 3.63) is 81.1 Å². The second-order valence-corrected chi connectivity index (χ2v) is 8.09. The molecule has 0 N–H and O–H groups in total. The average Bonchev–Trinajstić information content (AvgIpc) is 3.12. The molecule has 0 spiro atoms. The van der Waals surface area contributed by atoms with Gasteiger partial charge >= 0.3 is 0 Å². The number of carbonyl (C=O) groups is 2. The Labute approximate surface area is 197 Å². The van der Waals surface area contributed by atoms with E-state index in [1.165, 1.54) is 9.80 Å². The Hall–Kier alpha value is -3.22. The van der Waals surface area contributed by atoms with E-state index in [9.17, 15) is 9.59 Å². The van der Waals surface area contributed by atoms with Gasteiger partial charge in [0.25, 0.3) is 11.8 Å². The molecule has 0 saturated heterocycles. The number of rotatable bonds is 2. The smallest absolute Gasteiger partial charge is 0.277 e. The van der Waals surface area contributed by atoms with Gasteiger partial charge in [-0.3, -0.25) is 19.4 Å². The summed E-state index contributed by atoms with van der Waals surface area (Å²) in [5.74, 6) is 1.24. The van der Waals surface area contributed by atoms with Crippen molar-refractivity contribution in [2.75, 3.05) is 14.1 Å². The summed E-state index contributed by atoms with van der Waals surface area (Å²) in [7, 11) is 3.42. The van der Waals surface area contributed by atoms with E-state index in [-0.39, 0.29) is 11.8 Å². The molecule has 164 valence electrons. The van der Waals surface area contributed by atoms with Gasteiger partial charge in [-0.15, -0.1) is 0 Å². The van der Waals surface area contributed by atoms with Crippen LogP contribution in [0.15, 0.2) is 69.9 Å². The van der Waals surface area contributed by atoms with Crippen molar-refractivity contribution in [2.45, 2.75) is 13.8 Å². The van der Waals surface area contributed by atoms with E-state index in [2.05, 4.69) is 9.98 Å². The molecule has 8 heteroatoms. The van der Waals surface area contributed by atoms with Gasteiger partial charge in [-0.25, -0.2) is 9.98 Å². The van der Waals surface area contributed by atoms with Crippen molar-refractivity contribution in [1.82, 2.24) is 9.80 Å². The molecule has 0 aliphatic carbocycles. The fourth-order valence-corrected chi connectivity index (χ4v) is 3.33. The van der Waals surface area contributed by atoms with Gasteiger partial charge in [0.1, 0.15) is 23.1 Å². The van der Waals surface area contributed by atoms with Crippen LogP contribution in [0.1, 0.15) is 25.0 Å². The van der Waals surface area contributed by atoms with Crippen molar-refractivity contribution in [2.24, 2.45) is 9.98 Å². The third kappa shape index (κ3) is 5.52. The first-order valence-electron chi connectivity index (χ1n) is 9.77. The molecular formula is C24H22Cl2N4O2. The highest BCUT2D eigenvalue weighted by Crippen LogP contribution is 2.20. The quantitative estimate of drug-likeness (QED) is 0.572. The SMILES string of the molecule is CC1=N/C(=C\c2cccc(Cl)c2)C(=O)N1C.CC1=N/C(=C\c2cccc(Cl)c2)C(=O)N1C. The lowest BCUT2D eigenvalue weighted by atomic mass is 10.2. The van der Waals surface area contributed by atoms with Crippen LogP contribution in [0.2, 0.25) is 10.0 Å². The molecular weight excluding hydrogens is 447 g/mol. The van der Waals surface area contributed by atoms with E-state index >= 15 is 0 Å². The molecule has 2 aliphatic rings. The van der Waals surface area contributed by atoms with E-state index < -0.39 is 0 Å². The van der Waals surface area contributed by atoms with Gasteiger partial charge in [0.05, 0.1) is 0 Å². The number of amides is 2. The Bertz CT molecular complexity index is 1100. The van der Waals surface area contributed by atoms with Crippen molar-refractivity contribution in [3.8, 4) is 0 Å².